The molecule has 1 heterocycles. The third-order valence-electron chi connectivity index (χ3n) is 3.01. The molecule has 0 spiro atoms. The fourth-order valence-electron chi connectivity index (χ4n) is 2.02. The first-order valence-electron chi connectivity index (χ1n) is 5.12. The summed E-state index contributed by atoms with van der Waals surface area (Å²) in [5.41, 5.74) is 5.78. The largest absolute Gasteiger partial charge is 0.465 e. The summed E-state index contributed by atoms with van der Waals surface area (Å²) in [6.45, 7) is 1.69. The van der Waals surface area contributed by atoms with E-state index in [0.717, 1.165) is 0 Å². The molecule has 0 saturated heterocycles. The third kappa shape index (κ3) is 1.62. The quantitative estimate of drug-likeness (QED) is 0.723. The molecule has 88 valence electrons. The van der Waals surface area contributed by atoms with Crippen molar-refractivity contribution in [3.05, 3.63) is 23.2 Å². The number of methoxy groups -OCH3 is 1. The lowest BCUT2D eigenvalue weighted by atomic mass is 9.73. The van der Waals surface area contributed by atoms with Crippen molar-refractivity contribution >= 4 is 5.97 Å². The number of nitrogens with two attached hydrogens (primary N) is 1. The van der Waals surface area contributed by atoms with Crippen LogP contribution in [0.25, 0.3) is 0 Å². The molecule has 1 aromatic rings. The van der Waals surface area contributed by atoms with Crippen molar-refractivity contribution < 1.29 is 19.1 Å². The predicted molar refractivity (Wildman–Crippen MR) is 55.9 cm³/mol. The molecule has 5 heteroatoms. The molecule has 5 nitrogen and oxygen atoms in total. The molecular weight excluding hydrogens is 210 g/mol. The molecule has 0 amide bonds. The van der Waals surface area contributed by atoms with Crippen LogP contribution in [0.5, 0.6) is 0 Å². The summed E-state index contributed by atoms with van der Waals surface area (Å²) < 4.78 is 10.1. The van der Waals surface area contributed by atoms with Crippen LogP contribution in [0.2, 0.25) is 0 Å². The highest BCUT2D eigenvalue weighted by molar-refractivity contribution is 5.90. The minimum atomic E-state index is -0.642. The maximum Gasteiger partial charge on any atom is 0.341 e. The number of carbonyl (C=O) groups is 1. The summed E-state index contributed by atoms with van der Waals surface area (Å²) in [7, 11) is 1.32. The Labute approximate surface area is 93.2 Å². The second-order valence-electron chi connectivity index (χ2n) is 4.29. The van der Waals surface area contributed by atoms with Gasteiger partial charge in [0.2, 0.25) is 0 Å². The maximum atomic E-state index is 11.4. The summed E-state index contributed by atoms with van der Waals surface area (Å²) in [6.07, 6.45) is 0.540. The number of hydrogen-bond acceptors (Lipinski definition) is 5. The molecule has 0 atom stereocenters. The monoisotopic (exact) mass is 225 g/mol. The molecule has 2 rings (SSSR count). The van der Waals surface area contributed by atoms with E-state index >= 15 is 0 Å². The summed E-state index contributed by atoms with van der Waals surface area (Å²) in [5, 5.41) is 9.26. The van der Waals surface area contributed by atoms with Gasteiger partial charge in [0.05, 0.1) is 18.8 Å². The number of furan rings is 1. The van der Waals surface area contributed by atoms with Gasteiger partial charge in [0, 0.05) is 0 Å². The number of ether oxygens (including phenoxy) is 1. The molecule has 1 fully saturated rings. The van der Waals surface area contributed by atoms with E-state index in [2.05, 4.69) is 4.74 Å². The second kappa shape index (κ2) is 3.61. The Morgan fingerprint density at radius 2 is 2.31 bits per heavy atom. The zero-order chi connectivity index (χ0) is 11.9. The number of aryl methyl sites for hydroxylation is 1. The summed E-state index contributed by atoms with van der Waals surface area (Å²) in [4.78, 5) is 11.4. The Hall–Kier alpha value is -1.33. The van der Waals surface area contributed by atoms with E-state index in [0.29, 0.717) is 29.9 Å². The Kier molecular flexibility index (Phi) is 2.52. The third-order valence-corrected chi connectivity index (χ3v) is 3.01. The van der Waals surface area contributed by atoms with Gasteiger partial charge < -0.3 is 20.0 Å². The number of esters is 1. The average Bonchev–Trinajstić information content (AvgIpc) is 2.57. The highest BCUT2D eigenvalue weighted by Gasteiger charge is 2.44. The van der Waals surface area contributed by atoms with E-state index in [1.807, 2.05) is 0 Å². The van der Waals surface area contributed by atoms with Crippen LogP contribution in [0.4, 0.5) is 0 Å². The number of aliphatic hydroxyl groups is 1. The van der Waals surface area contributed by atoms with Crippen LogP contribution in [0, 0.1) is 6.92 Å². The van der Waals surface area contributed by atoms with Gasteiger partial charge in [0.15, 0.2) is 0 Å². The van der Waals surface area contributed by atoms with Crippen molar-refractivity contribution in [2.75, 3.05) is 7.11 Å². The predicted octanol–water partition coefficient (Wildman–Crippen LogP) is 0.683. The molecule has 16 heavy (non-hydrogen) atoms. The van der Waals surface area contributed by atoms with Crippen molar-refractivity contribution in [3.63, 3.8) is 0 Å². The first-order chi connectivity index (χ1) is 7.46. The van der Waals surface area contributed by atoms with Crippen molar-refractivity contribution in [2.45, 2.75) is 31.4 Å². The second-order valence-corrected chi connectivity index (χ2v) is 4.29. The number of hydrogen-bond donors (Lipinski definition) is 2. The molecular formula is C11H15NO4. The number of rotatable bonds is 2. The Morgan fingerprint density at radius 1 is 1.69 bits per heavy atom. The highest BCUT2D eigenvalue weighted by atomic mass is 16.5. The molecule has 1 aromatic heterocycles. The zero-order valence-corrected chi connectivity index (χ0v) is 9.32. The molecule has 1 aliphatic carbocycles. The molecule has 0 bridgehead atoms. The normalized spacial score (nSPS) is 28.6. The molecule has 1 aliphatic rings. The van der Waals surface area contributed by atoms with Crippen molar-refractivity contribution in [3.8, 4) is 0 Å². The van der Waals surface area contributed by atoms with Crippen LogP contribution in [-0.4, -0.2) is 24.3 Å². The molecule has 0 radical (unpaired) electrons. The van der Waals surface area contributed by atoms with Crippen molar-refractivity contribution in [1.29, 1.82) is 0 Å². The van der Waals surface area contributed by atoms with E-state index in [-0.39, 0.29) is 6.10 Å². The van der Waals surface area contributed by atoms with Gasteiger partial charge in [-0.15, -0.1) is 0 Å². The standard InChI is InChI=1S/C11H15NO4/c1-6-8(10(14)15-2)3-9(16-6)11(12)4-7(13)5-11/h3,7,13H,4-5,12H2,1-2H3. The molecule has 1 saturated carbocycles. The topological polar surface area (TPSA) is 85.7 Å². The lowest BCUT2D eigenvalue weighted by Gasteiger charge is -2.40. The van der Waals surface area contributed by atoms with Gasteiger partial charge in [0.1, 0.15) is 17.1 Å². The molecule has 0 aromatic carbocycles. The molecule has 3 N–H and O–H groups in total. The Bertz CT molecular complexity index is 418. The van der Waals surface area contributed by atoms with Gasteiger partial charge >= 0.3 is 5.97 Å². The lowest BCUT2D eigenvalue weighted by Crippen LogP contribution is -2.51. The number of aliphatic hydroxyl groups excluding tert-OH is 1. The van der Waals surface area contributed by atoms with Crippen molar-refractivity contribution in [2.24, 2.45) is 5.73 Å². The Balaban J connectivity index is 2.28. The summed E-state index contributed by atoms with van der Waals surface area (Å²) in [6, 6.07) is 1.60. The SMILES string of the molecule is COC(=O)c1cc(C2(N)CC(O)C2)oc1C. The van der Waals surface area contributed by atoms with Gasteiger partial charge in [-0.05, 0) is 25.8 Å². The van der Waals surface area contributed by atoms with E-state index in [4.69, 9.17) is 10.2 Å². The Morgan fingerprint density at radius 3 is 2.81 bits per heavy atom. The van der Waals surface area contributed by atoms with Gasteiger partial charge in [-0.1, -0.05) is 0 Å². The van der Waals surface area contributed by atoms with E-state index in [9.17, 15) is 9.90 Å². The van der Waals surface area contributed by atoms with Crippen LogP contribution < -0.4 is 5.73 Å². The van der Waals surface area contributed by atoms with E-state index in [1.165, 1.54) is 7.11 Å². The van der Waals surface area contributed by atoms with Gasteiger partial charge in [-0.2, -0.15) is 0 Å². The first kappa shape index (κ1) is 11.2. The van der Waals surface area contributed by atoms with Gasteiger partial charge in [0.25, 0.3) is 0 Å². The average molecular weight is 225 g/mol. The minimum Gasteiger partial charge on any atom is -0.465 e. The zero-order valence-electron chi connectivity index (χ0n) is 9.32. The van der Waals surface area contributed by atoms with Crippen molar-refractivity contribution in [1.82, 2.24) is 0 Å². The number of carbonyl (C=O) groups excluding carboxylic acids is 1. The molecule has 0 unspecified atom stereocenters. The van der Waals surface area contributed by atoms with Crippen LogP contribution in [0.1, 0.15) is 34.7 Å². The summed E-state index contributed by atoms with van der Waals surface area (Å²) in [5.74, 6) is 0.597. The van der Waals surface area contributed by atoms with Crippen LogP contribution in [-0.2, 0) is 10.3 Å². The first-order valence-corrected chi connectivity index (χ1v) is 5.12. The minimum absolute atomic E-state index is 0.378. The fourth-order valence-corrected chi connectivity index (χ4v) is 2.02. The summed E-state index contributed by atoms with van der Waals surface area (Å²) >= 11 is 0. The fraction of sp³-hybridized carbons (Fsp3) is 0.545. The van der Waals surface area contributed by atoms with Gasteiger partial charge in [-0.3, -0.25) is 0 Å². The molecule has 0 aliphatic heterocycles. The maximum absolute atomic E-state index is 11.4. The lowest BCUT2D eigenvalue weighted by molar-refractivity contribution is 0.00975. The smallest absolute Gasteiger partial charge is 0.341 e. The van der Waals surface area contributed by atoms with Crippen LogP contribution in [0.15, 0.2) is 10.5 Å². The highest BCUT2D eigenvalue weighted by Crippen LogP contribution is 2.40. The van der Waals surface area contributed by atoms with Crippen LogP contribution >= 0.6 is 0 Å². The van der Waals surface area contributed by atoms with Crippen LogP contribution in [0.3, 0.4) is 0 Å². The van der Waals surface area contributed by atoms with E-state index < -0.39 is 11.5 Å². The van der Waals surface area contributed by atoms with E-state index in [1.54, 1.807) is 13.0 Å². The van der Waals surface area contributed by atoms with Gasteiger partial charge in [-0.25, -0.2) is 4.79 Å².